The van der Waals surface area contributed by atoms with E-state index < -0.39 is 0 Å². The van der Waals surface area contributed by atoms with Crippen LogP contribution in [0.4, 0.5) is 0 Å². The number of nitrogens with zero attached hydrogens (tertiary/aromatic N) is 1. The van der Waals surface area contributed by atoms with Gasteiger partial charge >= 0.3 is 151 Å². The minimum atomic E-state index is 0. The number of halogens is 2. The predicted octanol–water partition coefficient (Wildman–Crippen LogP) is 5.15. The zero-order valence-corrected chi connectivity index (χ0v) is 18.9. The van der Waals surface area contributed by atoms with Crippen molar-refractivity contribution < 1.29 is 19.4 Å². The first kappa shape index (κ1) is 24.9. The third-order valence-corrected chi connectivity index (χ3v) is 5.67. The first-order valence-electron chi connectivity index (χ1n) is 8.79. The summed E-state index contributed by atoms with van der Waals surface area (Å²) in [5, 5.41) is 0. The van der Waals surface area contributed by atoms with Crippen LogP contribution in [0.5, 0.6) is 0 Å². The number of rotatable bonds is 10. The molecule has 0 atom stereocenters. The fourth-order valence-corrected chi connectivity index (χ4v) is 4.38. The van der Waals surface area contributed by atoms with E-state index in [9.17, 15) is 0 Å². The fourth-order valence-electron chi connectivity index (χ4n) is 2.94. The monoisotopic (exact) mass is 418 g/mol. The maximum absolute atomic E-state index is 3.67. The zero-order chi connectivity index (χ0) is 16.5. The molecule has 0 radical (unpaired) electrons. The van der Waals surface area contributed by atoms with Crippen LogP contribution in [0.1, 0.15) is 37.3 Å². The van der Waals surface area contributed by atoms with Crippen molar-refractivity contribution in [1.29, 1.82) is 0 Å². The molecule has 1 aliphatic rings. The Morgan fingerprint density at radius 2 is 1.92 bits per heavy atom. The van der Waals surface area contributed by atoms with Gasteiger partial charge in [0.05, 0.1) is 0 Å². The molecule has 2 nitrogen and oxygen atoms in total. The molecule has 1 aliphatic carbocycles. The number of unbranched alkanes of at least 4 members (excludes halogenated alkanes) is 1. The quantitative estimate of drug-likeness (QED) is 0.417. The maximum Gasteiger partial charge on any atom is -0.147 e. The molecule has 0 fully saturated rings. The van der Waals surface area contributed by atoms with Crippen molar-refractivity contribution in [3.05, 3.63) is 53.1 Å². The number of allylic oxidation sites excluding steroid dienone is 2. The summed E-state index contributed by atoms with van der Waals surface area (Å²) in [5.41, 5.74) is 5.95. The van der Waals surface area contributed by atoms with Gasteiger partial charge in [-0.05, 0) is 0 Å². The van der Waals surface area contributed by atoms with Gasteiger partial charge in [0.15, 0.2) is 0 Å². The Labute approximate surface area is 175 Å². The molecule has 0 heterocycles. The first-order valence-corrected chi connectivity index (χ1v) is 10.7. The van der Waals surface area contributed by atoms with E-state index in [2.05, 4.69) is 66.1 Å². The average molecular weight is 419 g/mol. The van der Waals surface area contributed by atoms with Gasteiger partial charge < -0.3 is 0 Å². The standard InChI is InChI=1S/C16H20N.C4H10N.2ClH.Ti/c1-4-14-7-5-6-8-16(14)15-10-9-13(11-15)12-17(2)3;1-2-3-4-5;;;/h5-9,11H,1,4,10,12H2,2-3H3;5H,2-4H2,1H3;2*1H;/q;-1;;;+1. The van der Waals surface area contributed by atoms with Crippen LogP contribution in [0, 0.1) is 0 Å². The normalized spacial score (nSPS) is 13.0. The minimum Gasteiger partial charge on any atom is -0.147 e. The molecule has 140 valence electrons. The Morgan fingerprint density at radius 3 is 2.64 bits per heavy atom. The molecule has 25 heavy (non-hydrogen) atoms. The molecule has 1 aromatic carbocycles. The van der Waals surface area contributed by atoms with Crippen molar-refractivity contribution in [1.82, 2.24) is 8.70 Å². The topological polar surface area (TPSA) is 15.3 Å². The Bertz CT molecular complexity index is 556. The van der Waals surface area contributed by atoms with Gasteiger partial charge in [-0.25, -0.2) is 0 Å². The molecule has 0 aliphatic heterocycles. The second-order valence-corrected chi connectivity index (χ2v) is 8.39. The number of nitrogens with one attached hydrogen (secondary N) is 1. The molecule has 2 rings (SSSR count). The minimum absolute atomic E-state index is 0. The third kappa shape index (κ3) is 8.90. The zero-order valence-electron chi connectivity index (χ0n) is 15.7. The van der Waals surface area contributed by atoms with Crippen LogP contribution in [0.15, 0.2) is 42.0 Å². The van der Waals surface area contributed by atoms with E-state index in [0.717, 1.165) is 13.0 Å². The number of hydrogen-bond acceptors (Lipinski definition) is 2. The number of aryl methyl sites for hydroxylation is 1. The Kier molecular flexibility index (Phi) is 14.0. The van der Waals surface area contributed by atoms with Gasteiger partial charge in [0.25, 0.3) is 0 Å². The van der Waals surface area contributed by atoms with Crippen LogP contribution in [-0.2, 0) is 25.8 Å². The number of likely N-dealkylation sites (N-methyl/N-ethyl adjacent to an activating group) is 1. The van der Waals surface area contributed by atoms with Crippen molar-refractivity contribution in [3.63, 3.8) is 0 Å². The second-order valence-electron chi connectivity index (χ2n) is 6.50. The van der Waals surface area contributed by atoms with E-state index in [1.165, 1.54) is 52.8 Å². The van der Waals surface area contributed by atoms with E-state index >= 15 is 0 Å². The summed E-state index contributed by atoms with van der Waals surface area (Å²) in [7, 11) is 4.27. The molecular weight excluding hydrogens is 387 g/mol. The van der Waals surface area contributed by atoms with Crippen LogP contribution in [0.25, 0.3) is 5.57 Å². The summed E-state index contributed by atoms with van der Waals surface area (Å²) in [6.45, 7) is 4.51. The van der Waals surface area contributed by atoms with Crippen molar-refractivity contribution in [2.45, 2.75) is 37.3 Å². The fraction of sp³-hybridized carbons (Fsp3) is 0.500. The van der Waals surface area contributed by atoms with E-state index in [0.29, 0.717) is 0 Å². The van der Waals surface area contributed by atoms with Crippen LogP contribution < -0.4 is 3.80 Å². The molecule has 1 aromatic rings. The van der Waals surface area contributed by atoms with E-state index in [1.807, 2.05) is 0 Å². The van der Waals surface area contributed by atoms with Gasteiger partial charge in [0, 0.05) is 0 Å². The smallest absolute Gasteiger partial charge is 0.147 e. The van der Waals surface area contributed by atoms with E-state index in [1.54, 1.807) is 0 Å². The molecule has 0 spiro atoms. The van der Waals surface area contributed by atoms with Gasteiger partial charge in [-0.2, -0.15) is 0 Å². The summed E-state index contributed by atoms with van der Waals surface area (Å²) in [6, 6.07) is 8.99. The van der Waals surface area contributed by atoms with Crippen LogP contribution in [0.2, 0.25) is 4.73 Å². The van der Waals surface area contributed by atoms with E-state index in [-0.39, 0.29) is 44.2 Å². The summed E-state index contributed by atoms with van der Waals surface area (Å²) >= 11 is 0.0177. The van der Waals surface area contributed by atoms with Crippen molar-refractivity contribution in [3.8, 4) is 0 Å². The molecule has 0 amide bonds. The molecular formula is C20H32Cl2N2Ti. The third-order valence-electron chi connectivity index (χ3n) is 4.11. The second kappa shape index (κ2) is 14.0. The van der Waals surface area contributed by atoms with Gasteiger partial charge in [-0.3, -0.25) is 0 Å². The van der Waals surface area contributed by atoms with Crippen LogP contribution >= 0.6 is 24.8 Å². The largest absolute Gasteiger partial charge is 0.147 e. The molecule has 1 N–H and O–H groups in total. The summed E-state index contributed by atoms with van der Waals surface area (Å²) in [5.74, 6) is 0. The summed E-state index contributed by atoms with van der Waals surface area (Å²) < 4.78 is 5.01. The van der Waals surface area contributed by atoms with Gasteiger partial charge in [0.1, 0.15) is 0 Å². The van der Waals surface area contributed by atoms with Crippen molar-refractivity contribution >= 4 is 30.4 Å². The predicted molar refractivity (Wildman–Crippen MR) is 112 cm³/mol. The number of benzene rings is 1. The molecule has 0 saturated heterocycles. The Balaban J connectivity index is 0.00000288. The van der Waals surface area contributed by atoms with Gasteiger partial charge in [0.2, 0.25) is 0 Å². The molecule has 0 aromatic heterocycles. The van der Waals surface area contributed by atoms with Crippen molar-refractivity contribution in [2.75, 3.05) is 27.2 Å². The summed E-state index contributed by atoms with van der Waals surface area (Å²) in [4.78, 5) is 2.24. The van der Waals surface area contributed by atoms with Crippen molar-refractivity contribution in [2.24, 2.45) is 0 Å². The maximum atomic E-state index is 3.67. The molecule has 0 saturated carbocycles. The summed E-state index contributed by atoms with van der Waals surface area (Å²) in [6.07, 6.45) is 9.69. The SMILES string of the molecule is CCCC[NH][Ti][CH2]Cc1ccccc1C1=CC(CN(C)C)=CC1.Cl.Cl. The molecule has 5 heteroatoms. The van der Waals surface area contributed by atoms with Crippen LogP contribution in [0.3, 0.4) is 0 Å². The van der Waals surface area contributed by atoms with Crippen LogP contribution in [-0.4, -0.2) is 32.1 Å². The Morgan fingerprint density at radius 1 is 1.16 bits per heavy atom. The van der Waals surface area contributed by atoms with Gasteiger partial charge in [-0.1, -0.05) is 0 Å². The Hall–Kier alpha value is -0.0857. The first-order chi connectivity index (χ1) is 11.2. The van der Waals surface area contributed by atoms with E-state index in [4.69, 9.17) is 0 Å². The molecule has 0 bridgehead atoms. The van der Waals surface area contributed by atoms with Gasteiger partial charge in [-0.15, -0.1) is 24.8 Å². The number of hydrogen-bond donors (Lipinski definition) is 1. The average Bonchev–Trinajstić information content (AvgIpc) is 2.98. The molecule has 0 unspecified atom stereocenters.